The van der Waals surface area contributed by atoms with Gasteiger partial charge in [0.15, 0.2) is 5.76 Å². The van der Waals surface area contributed by atoms with E-state index < -0.39 is 27.7 Å². The molecule has 0 unspecified atom stereocenters. The number of amides is 1. The fourth-order valence-corrected chi connectivity index (χ4v) is 5.02. The minimum atomic E-state index is -4.50. The second kappa shape index (κ2) is 9.40. The van der Waals surface area contributed by atoms with Gasteiger partial charge in [-0.2, -0.15) is 17.5 Å². The van der Waals surface area contributed by atoms with Crippen LogP contribution in [0, 0.1) is 6.92 Å². The molecule has 0 aliphatic heterocycles. The Morgan fingerprint density at radius 1 is 1.03 bits per heavy atom. The molecule has 3 rings (SSSR count). The molecule has 3 aromatic rings. The number of carbonyl (C=O) groups is 1. The molecule has 2 aromatic carbocycles. The molecule has 0 saturated carbocycles. The lowest BCUT2D eigenvalue weighted by molar-refractivity contribution is -0.137. The van der Waals surface area contributed by atoms with Gasteiger partial charge < -0.3 is 9.73 Å². The average Bonchev–Trinajstić information content (AvgIpc) is 3.26. The average molecular weight is 481 g/mol. The van der Waals surface area contributed by atoms with Crippen molar-refractivity contribution < 1.29 is 30.8 Å². The minimum absolute atomic E-state index is 0.0769. The summed E-state index contributed by atoms with van der Waals surface area (Å²) in [6.45, 7) is 5.75. The Morgan fingerprint density at radius 3 is 2.36 bits per heavy atom. The van der Waals surface area contributed by atoms with Gasteiger partial charge in [-0.05, 0) is 48.9 Å². The zero-order valence-corrected chi connectivity index (χ0v) is 19.0. The van der Waals surface area contributed by atoms with E-state index in [0.717, 1.165) is 12.1 Å². The summed E-state index contributed by atoms with van der Waals surface area (Å²) in [7, 11) is -3.74. The monoisotopic (exact) mass is 480 g/mol. The molecule has 0 atom stereocenters. The molecule has 0 radical (unpaired) electrons. The van der Waals surface area contributed by atoms with Gasteiger partial charge in [-0.3, -0.25) is 4.79 Å². The minimum Gasteiger partial charge on any atom is -0.451 e. The SMILES string of the molecule is CCN(CC)S(=O)(=O)c1cc(NC(=O)c2ccc(-c3cccc(C(F)(F)F)c3)o2)ccc1C. The van der Waals surface area contributed by atoms with E-state index in [1.54, 1.807) is 32.9 Å². The van der Waals surface area contributed by atoms with Gasteiger partial charge in [0.25, 0.3) is 5.91 Å². The molecule has 0 saturated heterocycles. The summed E-state index contributed by atoms with van der Waals surface area (Å²) in [5, 5.41) is 2.58. The van der Waals surface area contributed by atoms with Gasteiger partial charge in [0.2, 0.25) is 10.0 Å². The number of rotatable bonds is 7. The molecule has 10 heteroatoms. The Kier molecular flexibility index (Phi) is 6.99. The number of furan rings is 1. The molecule has 1 heterocycles. The Hall–Kier alpha value is -3.11. The fraction of sp³-hybridized carbons (Fsp3) is 0.261. The Balaban J connectivity index is 1.85. The highest BCUT2D eigenvalue weighted by Gasteiger charge is 2.30. The number of benzene rings is 2. The van der Waals surface area contributed by atoms with Crippen molar-refractivity contribution in [2.24, 2.45) is 0 Å². The lowest BCUT2D eigenvalue weighted by Gasteiger charge is -2.20. The molecular formula is C23H23F3N2O4S. The summed E-state index contributed by atoms with van der Waals surface area (Å²) in [6.07, 6.45) is -4.50. The Morgan fingerprint density at radius 2 is 1.73 bits per heavy atom. The normalized spacial score (nSPS) is 12.2. The number of halogens is 3. The molecule has 0 fully saturated rings. The van der Waals surface area contributed by atoms with E-state index in [0.29, 0.717) is 18.7 Å². The van der Waals surface area contributed by atoms with Gasteiger partial charge >= 0.3 is 6.18 Å². The van der Waals surface area contributed by atoms with Gasteiger partial charge in [0.1, 0.15) is 5.76 Å². The number of aryl methyl sites for hydroxylation is 1. The van der Waals surface area contributed by atoms with Crippen molar-refractivity contribution in [1.82, 2.24) is 4.31 Å². The second-order valence-corrected chi connectivity index (χ2v) is 9.17. The molecule has 176 valence electrons. The maximum atomic E-state index is 13.0. The maximum absolute atomic E-state index is 13.0. The van der Waals surface area contributed by atoms with Crippen LogP contribution in [0.15, 0.2) is 63.9 Å². The highest BCUT2D eigenvalue weighted by Crippen LogP contribution is 2.33. The third kappa shape index (κ3) is 5.28. The molecule has 0 spiro atoms. The van der Waals surface area contributed by atoms with Gasteiger partial charge in [-0.15, -0.1) is 0 Å². The number of sulfonamides is 1. The third-order valence-corrected chi connectivity index (χ3v) is 7.27. The number of nitrogens with zero attached hydrogens (tertiary/aromatic N) is 1. The van der Waals surface area contributed by atoms with Gasteiger partial charge in [0, 0.05) is 24.3 Å². The quantitative estimate of drug-likeness (QED) is 0.480. The number of anilines is 1. The highest BCUT2D eigenvalue weighted by molar-refractivity contribution is 7.89. The molecular weight excluding hydrogens is 457 g/mol. The van der Waals surface area contributed by atoms with E-state index in [-0.39, 0.29) is 27.7 Å². The van der Waals surface area contributed by atoms with Crippen molar-refractivity contribution in [3.05, 3.63) is 71.5 Å². The molecule has 6 nitrogen and oxygen atoms in total. The molecule has 0 aliphatic carbocycles. The van der Waals surface area contributed by atoms with Gasteiger partial charge in [0.05, 0.1) is 10.5 Å². The van der Waals surface area contributed by atoms with E-state index in [1.165, 1.54) is 34.6 Å². The predicted octanol–water partition coefficient (Wildman–Crippen LogP) is 5.56. The van der Waals surface area contributed by atoms with E-state index in [1.807, 2.05) is 0 Å². The molecule has 33 heavy (non-hydrogen) atoms. The number of hydrogen-bond acceptors (Lipinski definition) is 4. The van der Waals surface area contributed by atoms with Crippen molar-refractivity contribution in [3.63, 3.8) is 0 Å². The van der Waals surface area contributed by atoms with E-state index in [9.17, 15) is 26.4 Å². The summed E-state index contributed by atoms with van der Waals surface area (Å²) < 4.78 is 71.4. The van der Waals surface area contributed by atoms with E-state index in [4.69, 9.17) is 4.42 Å². The molecule has 1 amide bonds. The number of carbonyl (C=O) groups excluding carboxylic acids is 1. The van der Waals surface area contributed by atoms with E-state index in [2.05, 4.69) is 5.32 Å². The number of hydrogen-bond donors (Lipinski definition) is 1. The smallest absolute Gasteiger partial charge is 0.416 e. The van der Waals surface area contributed by atoms with Crippen molar-refractivity contribution in [2.75, 3.05) is 18.4 Å². The first-order valence-corrected chi connectivity index (χ1v) is 11.6. The standard InChI is InChI=1S/C23H23F3N2O4S/c1-4-28(5-2)33(30,31)21-14-18(10-9-15(21)3)27-22(29)20-12-11-19(32-20)16-7-6-8-17(13-16)23(24,25)26/h6-14H,4-5H2,1-3H3,(H,27,29). The zero-order chi connectivity index (χ0) is 24.4. The summed E-state index contributed by atoms with van der Waals surface area (Å²) in [4.78, 5) is 12.7. The summed E-state index contributed by atoms with van der Waals surface area (Å²) in [5.41, 5.74) is 0.119. The summed E-state index contributed by atoms with van der Waals surface area (Å²) >= 11 is 0. The lowest BCUT2D eigenvalue weighted by atomic mass is 10.1. The maximum Gasteiger partial charge on any atom is 0.416 e. The van der Waals surface area contributed by atoms with Crippen LogP contribution in [0.4, 0.5) is 18.9 Å². The predicted molar refractivity (Wildman–Crippen MR) is 118 cm³/mol. The van der Waals surface area contributed by atoms with Crippen molar-refractivity contribution in [2.45, 2.75) is 31.8 Å². The molecule has 1 aromatic heterocycles. The third-order valence-electron chi connectivity index (χ3n) is 5.07. The van der Waals surface area contributed by atoms with Crippen LogP contribution in [0.1, 0.15) is 35.5 Å². The van der Waals surface area contributed by atoms with Crippen molar-refractivity contribution in [3.8, 4) is 11.3 Å². The van der Waals surface area contributed by atoms with Crippen molar-refractivity contribution >= 4 is 21.6 Å². The van der Waals surface area contributed by atoms with Gasteiger partial charge in [-0.25, -0.2) is 8.42 Å². The Bertz CT molecular complexity index is 1260. The lowest BCUT2D eigenvalue weighted by Crippen LogP contribution is -2.31. The molecule has 1 N–H and O–H groups in total. The summed E-state index contributed by atoms with van der Waals surface area (Å²) in [5.74, 6) is -0.695. The number of nitrogens with one attached hydrogen (secondary N) is 1. The first-order valence-electron chi connectivity index (χ1n) is 10.2. The fourth-order valence-electron chi connectivity index (χ4n) is 3.31. The van der Waals surface area contributed by atoms with Crippen LogP contribution in [-0.4, -0.2) is 31.7 Å². The molecule has 0 bridgehead atoms. The Labute approximate surface area is 190 Å². The van der Waals surface area contributed by atoms with Crippen LogP contribution >= 0.6 is 0 Å². The first kappa shape index (κ1) is 24.5. The van der Waals surface area contributed by atoms with Crippen LogP contribution in [0.2, 0.25) is 0 Å². The van der Waals surface area contributed by atoms with Crippen LogP contribution in [-0.2, 0) is 16.2 Å². The first-order chi connectivity index (χ1) is 15.5. The van der Waals surface area contributed by atoms with Crippen LogP contribution in [0.5, 0.6) is 0 Å². The van der Waals surface area contributed by atoms with Crippen molar-refractivity contribution in [1.29, 1.82) is 0 Å². The zero-order valence-electron chi connectivity index (χ0n) is 18.2. The molecule has 0 aliphatic rings. The largest absolute Gasteiger partial charge is 0.451 e. The highest BCUT2D eigenvalue weighted by atomic mass is 32.2. The van der Waals surface area contributed by atoms with Crippen LogP contribution in [0.25, 0.3) is 11.3 Å². The topological polar surface area (TPSA) is 79.6 Å². The van der Waals surface area contributed by atoms with Crippen LogP contribution in [0.3, 0.4) is 0 Å². The van der Waals surface area contributed by atoms with Gasteiger partial charge in [-0.1, -0.05) is 32.0 Å². The van der Waals surface area contributed by atoms with E-state index >= 15 is 0 Å². The summed E-state index contributed by atoms with van der Waals surface area (Å²) in [6, 6.07) is 11.8. The van der Waals surface area contributed by atoms with Crippen LogP contribution < -0.4 is 5.32 Å². The number of alkyl halides is 3. The second-order valence-electron chi connectivity index (χ2n) is 7.27.